The minimum atomic E-state index is 0. The normalized spacial score (nSPS) is 5.14. The van der Waals surface area contributed by atoms with Crippen LogP contribution in [-0.2, 0) is 0 Å². The molecule has 1 heteroatoms. The quantitative estimate of drug-likeness (QED) is 0.650. The number of hydrogen-bond donors (Lipinski definition) is 0. The maximum atomic E-state index is 3.55. The first-order valence-electron chi connectivity index (χ1n) is 2.49. The first-order valence-corrected chi connectivity index (χ1v) is 2.49. The Bertz CT molecular complexity index is 6.14. The Morgan fingerprint density at radius 2 is 1.57 bits per heavy atom. The van der Waals surface area contributed by atoms with Crippen molar-refractivity contribution in [3.63, 3.8) is 0 Å². The van der Waals surface area contributed by atoms with Gasteiger partial charge in [0, 0.05) is 0 Å². The SMILES string of the molecule is CC.[CH2-]C[CH-]C.[U+2]. The van der Waals surface area contributed by atoms with Crippen molar-refractivity contribution in [1.29, 1.82) is 0 Å². The second-order valence-electron chi connectivity index (χ2n) is 0.697. The molecule has 0 amide bonds. The molecule has 0 aliphatic heterocycles. The van der Waals surface area contributed by atoms with Gasteiger partial charge in [-0.15, -0.1) is 0 Å². The van der Waals surface area contributed by atoms with E-state index < -0.39 is 0 Å². The van der Waals surface area contributed by atoms with Crippen LogP contribution in [0.5, 0.6) is 0 Å². The van der Waals surface area contributed by atoms with Gasteiger partial charge in [0.25, 0.3) is 0 Å². The monoisotopic (exact) mass is 324 g/mol. The van der Waals surface area contributed by atoms with E-state index in [2.05, 4.69) is 6.92 Å². The van der Waals surface area contributed by atoms with E-state index in [0.29, 0.717) is 0 Å². The summed E-state index contributed by atoms with van der Waals surface area (Å²) in [4.78, 5) is 0. The summed E-state index contributed by atoms with van der Waals surface area (Å²) in [5.41, 5.74) is 0. The Labute approximate surface area is 71.4 Å². The van der Waals surface area contributed by atoms with Gasteiger partial charge in [0.2, 0.25) is 0 Å². The van der Waals surface area contributed by atoms with Crippen LogP contribution in [0.1, 0.15) is 27.2 Å². The van der Waals surface area contributed by atoms with E-state index in [1.165, 1.54) is 0 Å². The van der Waals surface area contributed by atoms with E-state index in [1.54, 1.807) is 0 Å². The molecule has 0 fully saturated rings. The summed E-state index contributed by atoms with van der Waals surface area (Å²) in [5, 5.41) is 0. The Morgan fingerprint density at radius 1 is 1.43 bits per heavy atom. The molecular formula is C6H14U. The van der Waals surface area contributed by atoms with E-state index in [0.717, 1.165) is 6.42 Å². The van der Waals surface area contributed by atoms with Crippen LogP contribution < -0.4 is 0 Å². The van der Waals surface area contributed by atoms with Gasteiger partial charge in [0.15, 0.2) is 0 Å². The molecule has 0 nitrogen and oxygen atoms in total. The van der Waals surface area contributed by atoms with Gasteiger partial charge in [-0.25, -0.2) is 0 Å². The van der Waals surface area contributed by atoms with E-state index in [1.807, 2.05) is 27.2 Å². The molecule has 42 valence electrons. The topological polar surface area (TPSA) is 0 Å². The van der Waals surface area contributed by atoms with Crippen LogP contribution in [0.4, 0.5) is 0 Å². The number of unbranched alkanes of at least 4 members (excludes halogenated alkanes) is 1. The van der Waals surface area contributed by atoms with E-state index in [4.69, 9.17) is 0 Å². The standard InChI is InChI=1S/C4H8.C2H6.U/c1-3-4-2;1-2;/h4H,1,3H2,2H3;1-2H3;/q-2;;+2. The minimum absolute atomic E-state index is 0. The van der Waals surface area contributed by atoms with Crippen molar-refractivity contribution >= 4 is 0 Å². The van der Waals surface area contributed by atoms with Crippen LogP contribution in [0.2, 0.25) is 0 Å². The molecule has 0 saturated carbocycles. The van der Waals surface area contributed by atoms with Crippen molar-refractivity contribution in [1.82, 2.24) is 0 Å². The number of rotatable bonds is 1. The minimum Gasteiger partial charge on any atom is -0.372 e. The van der Waals surface area contributed by atoms with Crippen molar-refractivity contribution < 1.29 is 31.1 Å². The Balaban J connectivity index is -0.0000000480. The molecule has 0 spiro atoms. The molecule has 0 atom stereocenters. The fourth-order valence-electron chi connectivity index (χ4n) is 0. The molecule has 0 aromatic rings. The van der Waals surface area contributed by atoms with Crippen LogP contribution in [0, 0.1) is 44.5 Å². The molecule has 0 rings (SSSR count). The summed E-state index contributed by atoms with van der Waals surface area (Å²) in [6.07, 6.45) is 2.96. The maximum Gasteiger partial charge on any atom is 2.00 e. The molecule has 0 saturated heterocycles. The van der Waals surface area contributed by atoms with Gasteiger partial charge >= 0.3 is 31.1 Å². The fraction of sp³-hybridized carbons (Fsp3) is 0.667. The summed E-state index contributed by atoms with van der Waals surface area (Å²) in [6.45, 7) is 9.54. The van der Waals surface area contributed by atoms with Crippen molar-refractivity contribution in [3.8, 4) is 0 Å². The first kappa shape index (κ1) is 15.7. The van der Waals surface area contributed by atoms with Gasteiger partial charge in [0.1, 0.15) is 0 Å². The Hall–Kier alpha value is 1.05. The molecule has 0 aliphatic rings. The Morgan fingerprint density at radius 3 is 1.57 bits per heavy atom. The predicted molar refractivity (Wildman–Crippen MR) is 31.3 cm³/mol. The van der Waals surface area contributed by atoms with Crippen LogP contribution in [0.25, 0.3) is 0 Å². The summed E-state index contributed by atoms with van der Waals surface area (Å²) >= 11 is 0. The van der Waals surface area contributed by atoms with Crippen molar-refractivity contribution in [3.05, 3.63) is 13.3 Å². The van der Waals surface area contributed by atoms with E-state index >= 15 is 0 Å². The molecule has 0 aliphatic carbocycles. The molecular weight excluding hydrogens is 310 g/mol. The van der Waals surface area contributed by atoms with Crippen LogP contribution in [-0.4, -0.2) is 0 Å². The Kier molecular flexibility index (Phi) is 62.2. The largest absolute Gasteiger partial charge is 2.00 e. The zero-order chi connectivity index (χ0) is 5.41. The molecule has 0 aromatic carbocycles. The third-order valence-electron chi connectivity index (χ3n) is 0.289. The average molecular weight is 324 g/mol. The van der Waals surface area contributed by atoms with Crippen LogP contribution >= 0.6 is 0 Å². The number of hydrogen-bond acceptors (Lipinski definition) is 0. The second kappa shape index (κ2) is 27.7. The van der Waals surface area contributed by atoms with Gasteiger partial charge in [-0.05, 0) is 0 Å². The van der Waals surface area contributed by atoms with Crippen LogP contribution in [0.3, 0.4) is 0 Å². The molecule has 0 radical (unpaired) electrons. The molecule has 0 N–H and O–H groups in total. The van der Waals surface area contributed by atoms with Crippen molar-refractivity contribution in [2.75, 3.05) is 0 Å². The summed E-state index contributed by atoms with van der Waals surface area (Å²) in [5.74, 6) is 0. The summed E-state index contributed by atoms with van der Waals surface area (Å²) < 4.78 is 0. The molecule has 7 heavy (non-hydrogen) atoms. The molecule has 0 heterocycles. The van der Waals surface area contributed by atoms with Crippen molar-refractivity contribution in [2.45, 2.75) is 27.2 Å². The fourth-order valence-corrected chi connectivity index (χ4v) is 0. The van der Waals surface area contributed by atoms with E-state index in [9.17, 15) is 0 Å². The van der Waals surface area contributed by atoms with Crippen LogP contribution in [0.15, 0.2) is 0 Å². The molecule has 0 unspecified atom stereocenters. The predicted octanol–water partition coefficient (Wildman–Crippen LogP) is 2.46. The smallest absolute Gasteiger partial charge is 0.372 e. The van der Waals surface area contributed by atoms with Crippen molar-refractivity contribution in [2.24, 2.45) is 0 Å². The van der Waals surface area contributed by atoms with E-state index in [-0.39, 0.29) is 31.1 Å². The zero-order valence-corrected chi connectivity index (χ0v) is 9.66. The average Bonchev–Trinajstić information content (AvgIpc) is 1.72. The van der Waals surface area contributed by atoms with Gasteiger partial charge in [-0.1, -0.05) is 13.8 Å². The summed E-state index contributed by atoms with van der Waals surface area (Å²) in [6, 6.07) is 0. The van der Waals surface area contributed by atoms with Gasteiger partial charge < -0.3 is 19.8 Å². The first-order chi connectivity index (χ1) is 2.91. The molecule has 0 aromatic heterocycles. The second-order valence-corrected chi connectivity index (χ2v) is 0.697. The van der Waals surface area contributed by atoms with Gasteiger partial charge in [-0.3, -0.25) is 0 Å². The third-order valence-corrected chi connectivity index (χ3v) is 0.289. The van der Waals surface area contributed by atoms with Gasteiger partial charge in [0.05, 0.1) is 0 Å². The zero-order valence-electron chi connectivity index (χ0n) is 5.49. The third kappa shape index (κ3) is 42.7. The molecule has 0 bridgehead atoms. The van der Waals surface area contributed by atoms with Gasteiger partial charge in [-0.2, -0.15) is 6.92 Å². The summed E-state index contributed by atoms with van der Waals surface area (Å²) in [7, 11) is 0. The maximum absolute atomic E-state index is 3.55.